The molecule has 0 aliphatic rings. The Morgan fingerprint density at radius 2 is 1.58 bits per heavy atom. The number of ether oxygens (including phenoxy) is 2. The van der Waals surface area contributed by atoms with Crippen molar-refractivity contribution >= 4 is 39.6 Å². The molecule has 0 aliphatic carbocycles. The average Bonchev–Trinajstić information content (AvgIpc) is 3.20. The third-order valence-electron chi connectivity index (χ3n) is 5.34. The summed E-state index contributed by atoms with van der Waals surface area (Å²) in [5, 5.41) is 13.6. The number of ketones is 1. The van der Waals surface area contributed by atoms with E-state index in [0.717, 1.165) is 10.8 Å². The van der Waals surface area contributed by atoms with Crippen molar-refractivity contribution in [1.29, 1.82) is 0 Å². The number of benzene rings is 3. The fourth-order valence-corrected chi connectivity index (χ4v) is 3.62. The van der Waals surface area contributed by atoms with Crippen LogP contribution in [0.2, 0.25) is 0 Å². The second-order valence-corrected chi connectivity index (χ2v) is 7.37. The smallest absolute Gasteiger partial charge is 0.326 e. The zero-order chi connectivity index (χ0) is 23.5. The van der Waals surface area contributed by atoms with E-state index in [0.29, 0.717) is 28.2 Å². The van der Waals surface area contributed by atoms with Crippen molar-refractivity contribution in [3.8, 4) is 11.5 Å². The average molecular weight is 447 g/mol. The first kappa shape index (κ1) is 21.9. The number of Topliss-reactive ketones (excluding diaryl/α,β-unsaturated/α-hetero) is 1. The summed E-state index contributed by atoms with van der Waals surface area (Å²) in [6.45, 7) is 0. The Morgan fingerprint density at radius 1 is 0.879 bits per heavy atom. The molecule has 4 aromatic rings. The maximum atomic E-state index is 12.9. The zero-order valence-electron chi connectivity index (χ0n) is 18.0. The summed E-state index contributed by atoms with van der Waals surface area (Å²) in [4.78, 5) is 37.3. The van der Waals surface area contributed by atoms with Crippen LogP contribution in [-0.2, 0) is 4.79 Å². The molecule has 0 fully saturated rings. The van der Waals surface area contributed by atoms with Crippen LogP contribution in [0.5, 0.6) is 11.5 Å². The van der Waals surface area contributed by atoms with Crippen molar-refractivity contribution in [3.63, 3.8) is 0 Å². The number of rotatable bonds is 8. The molecule has 168 valence electrons. The van der Waals surface area contributed by atoms with Crippen molar-refractivity contribution in [3.05, 3.63) is 71.8 Å². The van der Waals surface area contributed by atoms with Crippen LogP contribution >= 0.6 is 0 Å². The first-order valence-corrected chi connectivity index (χ1v) is 10.1. The lowest BCUT2D eigenvalue weighted by Crippen LogP contribution is -2.42. The van der Waals surface area contributed by atoms with Crippen LogP contribution in [0.1, 0.15) is 27.1 Å². The fourth-order valence-electron chi connectivity index (χ4n) is 3.62. The van der Waals surface area contributed by atoms with Crippen molar-refractivity contribution < 1.29 is 33.4 Å². The molecular formula is C25H21NO7. The number of furan rings is 1. The molecule has 8 nitrogen and oxygen atoms in total. The Bertz CT molecular complexity index is 1370. The monoisotopic (exact) mass is 447 g/mol. The number of carbonyl (C=O) groups is 3. The number of carbonyl (C=O) groups excluding carboxylic acids is 2. The van der Waals surface area contributed by atoms with Gasteiger partial charge in [-0.1, -0.05) is 18.2 Å². The van der Waals surface area contributed by atoms with Crippen LogP contribution in [0.15, 0.2) is 65.1 Å². The molecule has 1 atom stereocenters. The summed E-state index contributed by atoms with van der Waals surface area (Å²) in [7, 11) is 2.89. The number of amides is 1. The number of hydrogen-bond donors (Lipinski definition) is 2. The third-order valence-corrected chi connectivity index (χ3v) is 5.34. The summed E-state index contributed by atoms with van der Waals surface area (Å²) in [5.74, 6) is -1.61. The summed E-state index contributed by atoms with van der Waals surface area (Å²) in [6, 6.07) is 15.4. The van der Waals surface area contributed by atoms with Gasteiger partial charge in [-0.3, -0.25) is 9.59 Å². The van der Waals surface area contributed by atoms with Crippen molar-refractivity contribution in [2.75, 3.05) is 14.2 Å². The largest absolute Gasteiger partial charge is 0.493 e. The molecule has 1 aromatic heterocycles. The predicted molar refractivity (Wildman–Crippen MR) is 121 cm³/mol. The molecule has 0 saturated carbocycles. The number of carboxylic acids is 1. The van der Waals surface area contributed by atoms with Gasteiger partial charge in [0.2, 0.25) is 0 Å². The third kappa shape index (κ3) is 4.36. The standard InChI is InChI=1S/C25H21NO7/c1-31-22-10-8-15(12-23(22)32-2)24(28)26-18(25(29)30)13-19(27)14-7-9-21-17(11-14)16-5-3-4-6-20(16)33-21/h3-12,18H,13H2,1-2H3,(H,26,28)(H,29,30). The molecule has 0 spiro atoms. The zero-order valence-corrected chi connectivity index (χ0v) is 18.0. The van der Waals surface area contributed by atoms with Crippen LogP contribution in [-0.4, -0.2) is 43.0 Å². The minimum atomic E-state index is -1.41. The molecular weight excluding hydrogens is 426 g/mol. The highest BCUT2D eigenvalue weighted by atomic mass is 16.5. The highest BCUT2D eigenvalue weighted by Crippen LogP contribution is 2.30. The van der Waals surface area contributed by atoms with Crippen molar-refractivity contribution in [1.82, 2.24) is 5.32 Å². The van der Waals surface area contributed by atoms with Crippen LogP contribution < -0.4 is 14.8 Å². The minimum absolute atomic E-state index is 0.178. The van der Waals surface area contributed by atoms with E-state index in [1.54, 1.807) is 24.3 Å². The molecule has 3 aromatic carbocycles. The Balaban J connectivity index is 1.54. The van der Waals surface area contributed by atoms with Gasteiger partial charge in [-0.2, -0.15) is 0 Å². The number of para-hydroxylation sites is 1. The Kier molecular flexibility index (Phi) is 5.99. The van der Waals surface area contributed by atoms with Gasteiger partial charge in [0.15, 0.2) is 17.3 Å². The van der Waals surface area contributed by atoms with E-state index in [9.17, 15) is 19.5 Å². The molecule has 1 heterocycles. The number of carboxylic acid groups (broad SMARTS) is 1. The minimum Gasteiger partial charge on any atom is -0.493 e. The first-order chi connectivity index (χ1) is 15.9. The number of nitrogens with one attached hydrogen (secondary N) is 1. The van der Waals surface area contributed by atoms with Crippen molar-refractivity contribution in [2.45, 2.75) is 12.5 Å². The predicted octanol–water partition coefficient (Wildman–Crippen LogP) is 4.06. The molecule has 0 saturated heterocycles. The molecule has 1 amide bonds. The van der Waals surface area contributed by atoms with Gasteiger partial charge in [0.25, 0.3) is 5.91 Å². The Hall–Kier alpha value is -4.33. The van der Waals surface area contributed by atoms with Crippen LogP contribution in [0.25, 0.3) is 21.9 Å². The summed E-state index contributed by atoms with van der Waals surface area (Å²) in [5.41, 5.74) is 1.84. The van der Waals surface area contributed by atoms with E-state index in [1.165, 1.54) is 26.4 Å². The van der Waals surface area contributed by atoms with Gasteiger partial charge in [-0.05, 0) is 42.5 Å². The molecule has 4 rings (SSSR count). The first-order valence-electron chi connectivity index (χ1n) is 10.1. The maximum absolute atomic E-state index is 12.9. The SMILES string of the molecule is COc1ccc(C(=O)NC(CC(=O)c2ccc3oc4ccccc4c3c2)C(=O)O)cc1OC. The van der Waals surface area contributed by atoms with Crippen molar-refractivity contribution in [2.24, 2.45) is 0 Å². The molecule has 0 bridgehead atoms. The molecule has 33 heavy (non-hydrogen) atoms. The molecule has 2 N–H and O–H groups in total. The summed E-state index contributed by atoms with van der Waals surface area (Å²) >= 11 is 0. The van der Waals surface area contributed by atoms with E-state index in [-0.39, 0.29) is 5.56 Å². The van der Waals surface area contributed by atoms with Gasteiger partial charge >= 0.3 is 5.97 Å². The maximum Gasteiger partial charge on any atom is 0.326 e. The van der Waals surface area contributed by atoms with E-state index in [1.807, 2.05) is 24.3 Å². The molecule has 0 aliphatic heterocycles. The number of fused-ring (bicyclic) bond motifs is 3. The van der Waals surface area contributed by atoms with Gasteiger partial charge in [0.1, 0.15) is 17.2 Å². The molecule has 8 heteroatoms. The second kappa shape index (κ2) is 9.04. The molecule has 1 unspecified atom stereocenters. The lowest BCUT2D eigenvalue weighted by molar-refractivity contribution is -0.139. The highest BCUT2D eigenvalue weighted by molar-refractivity contribution is 6.09. The lowest BCUT2D eigenvalue weighted by Gasteiger charge is -2.15. The Morgan fingerprint density at radius 3 is 2.30 bits per heavy atom. The molecule has 0 radical (unpaired) electrons. The Labute approximate surface area is 188 Å². The number of methoxy groups -OCH3 is 2. The second-order valence-electron chi connectivity index (χ2n) is 7.37. The van der Waals surface area contributed by atoms with Gasteiger partial charge in [-0.15, -0.1) is 0 Å². The summed E-state index contributed by atoms with van der Waals surface area (Å²) < 4.78 is 16.1. The van der Waals surface area contributed by atoms with Gasteiger partial charge in [0.05, 0.1) is 14.2 Å². The fraction of sp³-hybridized carbons (Fsp3) is 0.160. The lowest BCUT2D eigenvalue weighted by atomic mass is 10.0. The topological polar surface area (TPSA) is 115 Å². The van der Waals surface area contributed by atoms with E-state index in [2.05, 4.69) is 5.32 Å². The van der Waals surface area contributed by atoms with Crippen LogP contribution in [0, 0.1) is 0 Å². The summed E-state index contributed by atoms with van der Waals surface area (Å²) in [6.07, 6.45) is -0.407. The number of hydrogen-bond acceptors (Lipinski definition) is 6. The normalized spacial score (nSPS) is 11.8. The van der Waals surface area contributed by atoms with Gasteiger partial charge in [-0.25, -0.2) is 4.79 Å². The van der Waals surface area contributed by atoms with Gasteiger partial charge in [0, 0.05) is 28.3 Å². The van der Waals surface area contributed by atoms with E-state index in [4.69, 9.17) is 13.9 Å². The van der Waals surface area contributed by atoms with E-state index < -0.39 is 30.1 Å². The quantitative estimate of drug-likeness (QED) is 0.391. The van der Waals surface area contributed by atoms with Crippen LogP contribution in [0.3, 0.4) is 0 Å². The van der Waals surface area contributed by atoms with E-state index >= 15 is 0 Å². The highest BCUT2D eigenvalue weighted by Gasteiger charge is 2.25. The number of aliphatic carboxylic acids is 1. The van der Waals surface area contributed by atoms with Gasteiger partial charge < -0.3 is 24.3 Å². The van der Waals surface area contributed by atoms with Crippen LogP contribution in [0.4, 0.5) is 0 Å².